The molecule has 0 saturated carbocycles. The highest BCUT2D eigenvalue weighted by atomic mass is 16.5. The summed E-state index contributed by atoms with van der Waals surface area (Å²) in [4.78, 5) is 14.5. The number of nitrogens with zero attached hydrogens (tertiary/aromatic N) is 1. The minimum absolute atomic E-state index is 0.108. The van der Waals surface area contributed by atoms with Crippen LogP contribution in [0.15, 0.2) is 30.3 Å². The fourth-order valence-corrected chi connectivity index (χ4v) is 2.62. The minimum atomic E-state index is -0.136. The van der Waals surface area contributed by atoms with Crippen LogP contribution in [0.3, 0.4) is 0 Å². The summed E-state index contributed by atoms with van der Waals surface area (Å²) in [7, 11) is 0. The number of carbonyl (C=O) groups is 1. The molecular formula is C16H24N2O2. The second-order valence-electron chi connectivity index (χ2n) is 5.44. The maximum absolute atomic E-state index is 12.6. The number of ether oxygens (including phenoxy) is 1. The molecule has 1 amide bonds. The molecular weight excluding hydrogens is 252 g/mol. The van der Waals surface area contributed by atoms with E-state index in [1.165, 1.54) is 0 Å². The van der Waals surface area contributed by atoms with Crippen LogP contribution < -0.4 is 5.73 Å². The Balaban J connectivity index is 2.00. The van der Waals surface area contributed by atoms with Gasteiger partial charge in [-0.1, -0.05) is 30.3 Å². The van der Waals surface area contributed by atoms with Gasteiger partial charge in [0, 0.05) is 26.2 Å². The van der Waals surface area contributed by atoms with Crippen molar-refractivity contribution in [2.75, 3.05) is 26.2 Å². The van der Waals surface area contributed by atoms with E-state index < -0.39 is 0 Å². The highest BCUT2D eigenvalue weighted by molar-refractivity contribution is 5.79. The van der Waals surface area contributed by atoms with Gasteiger partial charge in [0.2, 0.25) is 5.91 Å². The van der Waals surface area contributed by atoms with Crippen LogP contribution in [0.2, 0.25) is 0 Å². The van der Waals surface area contributed by atoms with E-state index in [-0.39, 0.29) is 17.9 Å². The molecule has 1 aromatic carbocycles. The lowest BCUT2D eigenvalue weighted by Gasteiger charge is -2.26. The molecule has 1 fully saturated rings. The molecule has 1 aliphatic heterocycles. The summed E-state index contributed by atoms with van der Waals surface area (Å²) in [5.41, 5.74) is 6.99. The van der Waals surface area contributed by atoms with Crippen molar-refractivity contribution in [3.8, 4) is 0 Å². The predicted molar refractivity (Wildman–Crippen MR) is 79.3 cm³/mol. The second kappa shape index (κ2) is 7.41. The van der Waals surface area contributed by atoms with Gasteiger partial charge in [-0.15, -0.1) is 0 Å². The molecule has 0 aromatic heterocycles. The highest BCUT2D eigenvalue weighted by Gasteiger charge is 2.26. The van der Waals surface area contributed by atoms with Gasteiger partial charge in [0.1, 0.15) is 0 Å². The van der Waals surface area contributed by atoms with Crippen molar-refractivity contribution in [3.63, 3.8) is 0 Å². The number of nitrogens with two attached hydrogens (primary N) is 1. The van der Waals surface area contributed by atoms with E-state index in [2.05, 4.69) is 0 Å². The Hall–Kier alpha value is -1.39. The normalized spacial score (nSPS) is 21.3. The first-order valence-corrected chi connectivity index (χ1v) is 7.35. The second-order valence-corrected chi connectivity index (χ2v) is 5.44. The van der Waals surface area contributed by atoms with Gasteiger partial charge in [-0.05, 0) is 25.3 Å². The van der Waals surface area contributed by atoms with Crippen molar-refractivity contribution in [1.29, 1.82) is 0 Å². The van der Waals surface area contributed by atoms with Crippen LogP contribution in [0.5, 0.6) is 0 Å². The van der Waals surface area contributed by atoms with Crippen molar-refractivity contribution in [1.82, 2.24) is 4.90 Å². The maximum Gasteiger partial charge on any atom is 0.227 e. The Kier molecular flexibility index (Phi) is 5.56. The molecule has 2 N–H and O–H groups in total. The van der Waals surface area contributed by atoms with Crippen molar-refractivity contribution < 1.29 is 9.53 Å². The van der Waals surface area contributed by atoms with E-state index in [9.17, 15) is 4.79 Å². The lowest BCUT2D eigenvalue weighted by atomic mass is 9.97. The van der Waals surface area contributed by atoms with Crippen LogP contribution in [-0.2, 0) is 16.0 Å². The monoisotopic (exact) mass is 276 g/mol. The molecule has 0 radical (unpaired) electrons. The lowest BCUT2D eigenvalue weighted by Crippen LogP contribution is -2.42. The van der Waals surface area contributed by atoms with Crippen LogP contribution in [0.25, 0.3) is 0 Å². The van der Waals surface area contributed by atoms with Crippen LogP contribution in [0.4, 0.5) is 0 Å². The summed E-state index contributed by atoms with van der Waals surface area (Å²) in [5.74, 6) is 0.0244. The first-order valence-electron chi connectivity index (χ1n) is 7.35. The number of rotatable bonds is 4. The first-order chi connectivity index (χ1) is 9.70. The summed E-state index contributed by atoms with van der Waals surface area (Å²) in [6.45, 7) is 4.58. The van der Waals surface area contributed by atoms with E-state index in [4.69, 9.17) is 10.5 Å². The van der Waals surface area contributed by atoms with Crippen molar-refractivity contribution in [3.05, 3.63) is 35.9 Å². The lowest BCUT2D eigenvalue weighted by molar-refractivity contribution is -0.135. The van der Waals surface area contributed by atoms with Crippen LogP contribution >= 0.6 is 0 Å². The van der Waals surface area contributed by atoms with E-state index >= 15 is 0 Å². The van der Waals surface area contributed by atoms with Gasteiger partial charge in [0.15, 0.2) is 0 Å². The Bertz CT molecular complexity index is 422. The van der Waals surface area contributed by atoms with Gasteiger partial charge >= 0.3 is 0 Å². The van der Waals surface area contributed by atoms with E-state index in [1.807, 2.05) is 42.2 Å². The third-order valence-corrected chi connectivity index (χ3v) is 3.72. The Morgan fingerprint density at radius 1 is 1.45 bits per heavy atom. The number of amides is 1. The van der Waals surface area contributed by atoms with Gasteiger partial charge in [0.05, 0.1) is 12.0 Å². The average molecular weight is 276 g/mol. The summed E-state index contributed by atoms with van der Waals surface area (Å²) in [6.07, 6.45) is 1.72. The Morgan fingerprint density at radius 2 is 2.20 bits per heavy atom. The molecule has 2 rings (SSSR count). The van der Waals surface area contributed by atoms with E-state index in [0.29, 0.717) is 19.5 Å². The summed E-state index contributed by atoms with van der Waals surface area (Å²) in [5, 5.41) is 0. The van der Waals surface area contributed by atoms with Crippen molar-refractivity contribution in [2.45, 2.75) is 25.9 Å². The quantitative estimate of drug-likeness (QED) is 0.905. The summed E-state index contributed by atoms with van der Waals surface area (Å²) >= 11 is 0. The molecule has 0 spiro atoms. The van der Waals surface area contributed by atoms with Gasteiger partial charge < -0.3 is 15.4 Å². The van der Waals surface area contributed by atoms with E-state index in [0.717, 1.165) is 25.1 Å². The molecule has 2 atom stereocenters. The molecule has 2 unspecified atom stereocenters. The third kappa shape index (κ3) is 4.05. The fourth-order valence-electron chi connectivity index (χ4n) is 2.62. The standard InChI is InChI=1S/C16H24N2O2/c1-13-12-18(8-5-9-20-13)16(19)15(11-17)10-14-6-3-2-4-7-14/h2-4,6-7,13,15H,5,8-12,17H2,1H3. The molecule has 0 aliphatic carbocycles. The van der Waals surface area contributed by atoms with Crippen LogP contribution in [0.1, 0.15) is 18.9 Å². The third-order valence-electron chi connectivity index (χ3n) is 3.72. The molecule has 1 saturated heterocycles. The number of carbonyl (C=O) groups excluding carboxylic acids is 1. The molecule has 110 valence electrons. The molecule has 4 heteroatoms. The van der Waals surface area contributed by atoms with Gasteiger partial charge in [-0.2, -0.15) is 0 Å². The molecule has 1 heterocycles. The SMILES string of the molecule is CC1CN(C(=O)C(CN)Cc2ccccc2)CCCO1. The predicted octanol–water partition coefficient (Wildman–Crippen LogP) is 1.44. The van der Waals surface area contributed by atoms with Crippen molar-refractivity contribution in [2.24, 2.45) is 11.7 Å². The zero-order valence-corrected chi connectivity index (χ0v) is 12.1. The smallest absolute Gasteiger partial charge is 0.227 e. The highest BCUT2D eigenvalue weighted by Crippen LogP contribution is 2.14. The zero-order valence-electron chi connectivity index (χ0n) is 12.1. The maximum atomic E-state index is 12.6. The largest absolute Gasteiger partial charge is 0.377 e. The number of benzene rings is 1. The topological polar surface area (TPSA) is 55.6 Å². The summed E-state index contributed by atoms with van der Waals surface area (Å²) < 4.78 is 5.59. The van der Waals surface area contributed by atoms with Crippen LogP contribution in [0, 0.1) is 5.92 Å². The van der Waals surface area contributed by atoms with Gasteiger partial charge in [-0.3, -0.25) is 4.79 Å². The summed E-state index contributed by atoms with van der Waals surface area (Å²) in [6, 6.07) is 10.1. The Morgan fingerprint density at radius 3 is 2.90 bits per heavy atom. The first kappa shape index (κ1) is 15.0. The van der Waals surface area contributed by atoms with Gasteiger partial charge in [0.25, 0.3) is 0 Å². The minimum Gasteiger partial charge on any atom is -0.377 e. The molecule has 4 nitrogen and oxygen atoms in total. The number of hydrogen-bond donors (Lipinski definition) is 1. The molecule has 20 heavy (non-hydrogen) atoms. The number of hydrogen-bond acceptors (Lipinski definition) is 3. The molecule has 1 aromatic rings. The zero-order chi connectivity index (χ0) is 14.4. The molecule has 0 bridgehead atoms. The van der Waals surface area contributed by atoms with Gasteiger partial charge in [-0.25, -0.2) is 0 Å². The molecule has 1 aliphatic rings. The van der Waals surface area contributed by atoms with E-state index in [1.54, 1.807) is 0 Å². The average Bonchev–Trinajstić information content (AvgIpc) is 2.70. The fraction of sp³-hybridized carbons (Fsp3) is 0.562. The van der Waals surface area contributed by atoms with Crippen molar-refractivity contribution >= 4 is 5.91 Å². The Labute approximate surface area is 120 Å². The van der Waals surface area contributed by atoms with Crippen LogP contribution in [-0.4, -0.2) is 43.2 Å².